The van der Waals surface area contributed by atoms with E-state index in [1.807, 2.05) is 37.3 Å². The van der Waals surface area contributed by atoms with Crippen LogP contribution in [0.25, 0.3) is 5.76 Å². The molecular formula is C32H26ClNO6. The number of anilines is 1. The molecule has 0 bridgehead atoms. The summed E-state index contributed by atoms with van der Waals surface area (Å²) in [5, 5.41) is 22.4. The van der Waals surface area contributed by atoms with Crippen LogP contribution >= 0.6 is 11.6 Å². The van der Waals surface area contributed by atoms with Crippen LogP contribution in [-0.4, -0.2) is 29.0 Å². The van der Waals surface area contributed by atoms with Crippen molar-refractivity contribution in [1.29, 1.82) is 0 Å². The van der Waals surface area contributed by atoms with E-state index in [1.54, 1.807) is 48.5 Å². The molecule has 0 spiro atoms. The van der Waals surface area contributed by atoms with Gasteiger partial charge in [0.05, 0.1) is 18.7 Å². The van der Waals surface area contributed by atoms with Crippen LogP contribution < -0.4 is 14.4 Å². The third-order valence-corrected chi connectivity index (χ3v) is 6.97. The molecule has 4 aromatic rings. The first kappa shape index (κ1) is 26.8. The fourth-order valence-electron chi connectivity index (χ4n) is 4.77. The Morgan fingerprint density at radius 3 is 2.35 bits per heavy atom. The maximum absolute atomic E-state index is 13.4. The smallest absolute Gasteiger partial charge is 0.300 e. The quantitative estimate of drug-likeness (QED) is 0.152. The monoisotopic (exact) mass is 555 g/mol. The van der Waals surface area contributed by atoms with Crippen LogP contribution in [0.1, 0.15) is 28.3 Å². The molecule has 4 aromatic carbocycles. The number of amides is 1. The molecule has 1 atom stereocenters. The second kappa shape index (κ2) is 11.2. The summed E-state index contributed by atoms with van der Waals surface area (Å²) in [4.78, 5) is 28.1. The van der Waals surface area contributed by atoms with E-state index in [0.29, 0.717) is 34.2 Å². The van der Waals surface area contributed by atoms with Crippen LogP contribution in [0.5, 0.6) is 17.2 Å². The van der Waals surface area contributed by atoms with E-state index in [9.17, 15) is 19.8 Å². The van der Waals surface area contributed by atoms with Gasteiger partial charge in [-0.1, -0.05) is 54.1 Å². The Kier molecular flexibility index (Phi) is 7.49. The zero-order chi connectivity index (χ0) is 28.4. The number of phenols is 1. The minimum Gasteiger partial charge on any atom is -0.507 e. The molecule has 1 unspecified atom stereocenters. The van der Waals surface area contributed by atoms with Gasteiger partial charge in [-0.2, -0.15) is 0 Å². The Bertz CT molecular complexity index is 1630. The van der Waals surface area contributed by atoms with Gasteiger partial charge in [0, 0.05) is 16.3 Å². The molecule has 202 valence electrons. The summed E-state index contributed by atoms with van der Waals surface area (Å²) in [6, 6.07) is 24.8. The fourth-order valence-corrected chi connectivity index (χ4v) is 4.95. The van der Waals surface area contributed by atoms with Gasteiger partial charge in [-0.05, 0) is 72.1 Å². The molecular weight excluding hydrogens is 530 g/mol. The predicted octanol–water partition coefficient (Wildman–Crippen LogP) is 6.57. The van der Waals surface area contributed by atoms with Crippen molar-refractivity contribution < 1.29 is 29.3 Å². The summed E-state index contributed by atoms with van der Waals surface area (Å²) in [5.74, 6) is -1.36. The lowest BCUT2D eigenvalue weighted by molar-refractivity contribution is -0.132. The number of aryl methyl sites for hydroxylation is 1. The molecule has 2 N–H and O–H groups in total. The van der Waals surface area contributed by atoms with Crippen LogP contribution in [-0.2, 0) is 16.2 Å². The molecule has 1 aliphatic heterocycles. The van der Waals surface area contributed by atoms with Crippen molar-refractivity contribution in [3.63, 3.8) is 0 Å². The van der Waals surface area contributed by atoms with Crippen LogP contribution in [0, 0.1) is 6.92 Å². The van der Waals surface area contributed by atoms with Gasteiger partial charge >= 0.3 is 0 Å². The number of hydrogen-bond acceptors (Lipinski definition) is 6. The predicted molar refractivity (Wildman–Crippen MR) is 153 cm³/mol. The number of phenolic OH excluding ortho intramolecular Hbond substituents is 1. The van der Waals surface area contributed by atoms with Crippen molar-refractivity contribution in [2.45, 2.75) is 19.6 Å². The second-order valence-corrected chi connectivity index (χ2v) is 9.77. The van der Waals surface area contributed by atoms with Gasteiger partial charge in [-0.25, -0.2) is 0 Å². The maximum atomic E-state index is 13.4. The zero-order valence-electron chi connectivity index (χ0n) is 21.8. The molecule has 0 saturated carbocycles. The summed E-state index contributed by atoms with van der Waals surface area (Å²) in [6.07, 6.45) is 0. The molecule has 0 aliphatic carbocycles. The molecule has 7 nitrogen and oxygen atoms in total. The molecule has 1 amide bonds. The van der Waals surface area contributed by atoms with Gasteiger partial charge in [-0.15, -0.1) is 0 Å². The number of carbonyl (C=O) groups excluding carboxylic acids is 2. The van der Waals surface area contributed by atoms with Gasteiger partial charge < -0.3 is 19.7 Å². The number of hydrogen-bond donors (Lipinski definition) is 2. The van der Waals surface area contributed by atoms with Gasteiger partial charge in [0.15, 0.2) is 11.5 Å². The molecule has 0 aromatic heterocycles. The minimum absolute atomic E-state index is 0.119. The normalized spacial score (nSPS) is 16.3. The summed E-state index contributed by atoms with van der Waals surface area (Å²) < 4.78 is 11.1. The largest absolute Gasteiger partial charge is 0.507 e. The first-order chi connectivity index (χ1) is 19.3. The van der Waals surface area contributed by atoms with Gasteiger partial charge in [-0.3, -0.25) is 14.5 Å². The van der Waals surface area contributed by atoms with Crippen molar-refractivity contribution in [1.82, 2.24) is 0 Å². The van der Waals surface area contributed by atoms with E-state index in [-0.39, 0.29) is 22.8 Å². The van der Waals surface area contributed by atoms with Crippen molar-refractivity contribution >= 4 is 34.7 Å². The van der Waals surface area contributed by atoms with E-state index in [0.717, 1.165) is 11.1 Å². The van der Waals surface area contributed by atoms with E-state index in [4.69, 9.17) is 21.1 Å². The lowest BCUT2D eigenvalue weighted by Gasteiger charge is -2.26. The standard InChI is InChI=1S/C32H26ClNO6/c1-19-15-22(12-13-26(19)40-18-20-7-4-3-5-8-20)30(36)28-29(21-11-14-27(39-2)25(35)16-21)34(32(38)31(28)37)24-10-6-9-23(33)17-24/h3-17,29,35-36H,18H2,1-2H3/b30-28-. The number of Topliss-reactive ketones (excluding diaryl/α,β-unsaturated/α-hetero) is 1. The lowest BCUT2D eigenvalue weighted by atomic mass is 9.94. The highest BCUT2D eigenvalue weighted by Crippen LogP contribution is 2.44. The van der Waals surface area contributed by atoms with Crippen molar-refractivity contribution in [2.75, 3.05) is 12.0 Å². The van der Waals surface area contributed by atoms with Gasteiger partial charge in [0.2, 0.25) is 0 Å². The third kappa shape index (κ3) is 5.11. The number of rotatable bonds is 7. The first-order valence-electron chi connectivity index (χ1n) is 12.5. The Morgan fingerprint density at radius 1 is 0.925 bits per heavy atom. The number of ketones is 1. The Balaban J connectivity index is 1.58. The summed E-state index contributed by atoms with van der Waals surface area (Å²) >= 11 is 6.21. The summed E-state index contributed by atoms with van der Waals surface area (Å²) in [7, 11) is 1.42. The number of ether oxygens (including phenoxy) is 2. The van der Waals surface area contributed by atoms with Crippen LogP contribution in [0.15, 0.2) is 96.6 Å². The third-order valence-electron chi connectivity index (χ3n) is 6.73. The SMILES string of the molecule is COc1ccc(C2/C(=C(/O)c3ccc(OCc4ccccc4)c(C)c3)C(=O)C(=O)N2c2cccc(Cl)c2)cc1O. The highest BCUT2D eigenvalue weighted by atomic mass is 35.5. The average Bonchev–Trinajstić information content (AvgIpc) is 3.22. The minimum atomic E-state index is -1.04. The van der Waals surface area contributed by atoms with E-state index >= 15 is 0 Å². The van der Waals surface area contributed by atoms with Crippen molar-refractivity contribution in [2.24, 2.45) is 0 Å². The number of nitrogens with zero attached hydrogens (tertiary/aromatic N) is 1. The number of carbonyl (C=O) groups is 2. The van der Waals surface area contributed by atoms with Crippen LogP contribution in [0.2, 0.25) is 5.02 Å². The fraction of sp³-hybridized carbons (Fsp3) is 0.125. The number of halogens is 1. The Labute approximate surface area is 236 Å². The Morgan fingerprint density at radius 2 is 1.68 bits per heavy atom. The second-order valence-electron chi connectivity index (χ2n) is 9.33. The Hall–Kier alpha value is -4.75. The number of benzene rings is 4. The molecule has 5 rings (SSSR count). The number of methoxy groups -OCH3 is 1. The average molecular weight is 556 g/mol. The maximum Gasteiger partial charge on any atom is 0.300 e. The summed E-state index contributed by atoms with van der Waals surface area (Å²) in [6.45, 7) is 2.21. The number of aliphatic hydroxyl groups excluding tert-OH is 1. The van der Waals surface area contributed by atoms with Gasteiger partial charge in [0.25, 0.3) is 11.7 Å². The van der Waals surface area contributed by atoms with E-state index in [2.05, 4.69) is 0 Å². The molecule has 1 heterocycles. The molecule has 1 fully saturated rings. The summed E-state index contributed by atoms with van der Waals surface area (Å²) in [5.41, 5.74) is 2.75. The lowest BCUT2D eigenvalue weighted by Crippen LogP contribution is -2.29. The van der Waals surface area contributed by atoms with Crippen molar-refractivity contribution in [3.8, 4) is 17.2 Å². The molecule has 1 saturated heterocycles. The highest BCUT2D eigenvalue weighted by Gasteiger charge is 2.47. The molecule has 40 heavy (non-hydrogen) atoms. The van der Waals surface area contributed by atoms with Crippen LogP contribution in [0.3, 0.4) is 0 Å². The van der Waals surface area contributed by atoms with E-state index < -0.39 is 17.7 Å². The molecule has 8 heteroatoms. The highest BCUT2D eigenvalue weighted by molar-refractivity contribution is 6.51. The zero-order valence-corrected chi connectivity index (χ0v) is 22.6. The van der Waals surface area contributed by atoms with Gasteiger partial charge in [0.1, 0.15) is 18.1 Å². The molecule has 0 radical (unpaired) electrons. The van der Waals surface area contributed by atoms with E-state index in [1.165, 1.54) is 24.1 Å². The first-order valence-corrected chi connectivity index (χ1v) is 12.9. The topological polar surface area (TPSA) is 96.3 Å². The molecule has 1 aliphatic rings. The van der Waals surface area contributed by atoms with Crippen molar-refractivity contribution in [3.05, 3.63) is 124 Å². The number of aliphatic hydroxyl groups is 1. The number of aromatic hydroxyl groups is 1. The van der Waals surface area contributed by atoms with Crippen LogP contribution in [0.4, 0.5) is 5.69 Å².